The fraction of sp³-hybridized carbons (Fsp3) is 0.789. The monoisotopic (exact) mass is 348 g/mol. The van der Waals surface area contributed by atoms with E-state index in [0.717, 1.165) is 70.4 Å². The molecule has 0 radical (unpaired) electrons. The molecule has 25 heavy (non-hydrogen) atoms. The molecule has 2 saturated heterocycles. The lowest BCUT2D eigenvalue weighted by molar-refractivity contribution is -0.163. The fourth-order valence-electron chi connectivity index (χ4n) is 3.35. The Bertz CT molecular complexity index is 512. The average molecular weight is 348 g/mol. The van der Waals surface area contributed by atoms with E-state index in [-0.39, 0.29) is 6.29 Å². The molecule has 2 aliphatic rings. The molecule has 0 aromatic carbocycles. The van der Waals surface area contributed by atoms with E-state index in [0.29, 0.717) is 5.92 Å². The number of rotatable bonds is 7. The van der Waals surface area contributed by atoms with E-state index in [4.69, 9.17) is 14.5 Å². The minimum Gasteiger partial charge on any atom is -0.353 e. The van der Waals surface area contributed by atoms with Gasteiger partial charge in [0, 0.05) is 51.2 Å². The summed E-state index contributed by atoms with van der Waals surface area (Å²) in [5, 5.41) is 0. The van der Waals surface area contributed by atoms with Gasteiger partial charge in [-0.2, -0.15) is 0 Å². The normalized spacial score (nSPS) is 22.5. The Hall–Kier alpha value is -1.24. The van der Waals surface area contributed by atoms with Crippen LogP contribution in [0.25, 0.3) is 0 Å². The maximum absolute atomic E-state index is 5.82. The van der Waals surface area contributed by atoms with E-state index in [2.05, 4.69) is 28.6 Å². The third-order valence-corrected chi connectivity index (χ3v) is 4.97. The first-order chi connectivity index (χ1) is 12.2. The highest BCUT2D eigenvalue weighted by Gasteiger charge is 2.19. The third kappa shape index (κ3) is 5.62. The molecule has 2 fully saturated rings. The molecule has 2 aliphatic heterocycles. The molecule has 0 aliphatic carbocycles. The van der Waals surface area contributed by atoms with Crippen molar-refractivity contribution in [3.63, 3.8) is 0 Å². The lowest BCUT2D eigenvalue weighted by Gasteiger charge is -2.35. The van der Waals surface area contributed by atoms with Crippen LogP contribution in [0.1, 0.15) is 51.1 Å². The second-order valence-corrected chi connectivity index (χ2v) is 7.29. The SMILES string of the molecule is CC(C)c1ccnc(N2CCN(CCCO[C@@H]3CCCCO3)CC2)n1. The van der Waals surface area contributed by atoms with E-state index < -0.39 is 0 Å². The molecule has 1 atom stereocenters. The fourth-order valence-corrected chi connectivity index (χ4v) is 3.35. The number of nitrogens with zero attached hydrogens (tertiary/aromatic N) is 4. The first kappa shape index (κ1) is 18.5. The van der Waals surface area contributed by atoms with E-state index >= 15 is 0 Å². The molecule has 140 valence electrons. The molecule has 0 bridgehead atoms. The quantitative estimate of drug-likeness (QED) is 0.706. The molecule has 0 saturated carbocycles. The molecule has 0 spiro atoms. The van der Waals surface area contributed by atoms with E-state index in [1.807, 2.05) is 12.3 Å². The van der Waals surface area contributed by atoms with Crippen LogP contribution in [-0.2, 0) is 9.47 Å². The van der Waals surface area contributed by atoms with Crippen molar-refractivity contribution in [2.45, 2.75) is 51.7 Å². The second-order valence-electron chi connectivity index (χ2n) is 7.29. The second kappa shape index (κ2) is 9.46. The molecule has 1 aromatic rings. The number of hydrogen-bond donors (Lipinski definition) is 0. The van der Waals surface area contributed by atoms with Crippen LogP contribution >= 0.6 is 0 Å². The molecule has 0 N–H and O–H groups in total. The van der Waals surface area contributed by atoms with Crippen LogP contribution in [0.15, 0.2) is 12.3 Å². The Labute approximate surface area is 151 Å². The highest BCUT2D eigenvalue weighted by molar-refractivity contribution is 5.31. The van der Waals surface area contributed by atoms with Gasteiger partial charge in [-0.1, -0.05) is 13.8 Å². The maximum Gasteiger partial charge on any atom is 0.225 e. The predicted molar refractivity (Wildman–Crippen MR) is 98.9 cm³/mol. The van der Waals surface area contributed by atoms with Gasteiger partial charge in [-0.25, -0.2) is 9.97 Å². The Kier molecular flexibility index (Phi) is 7.02. The van der Waals surface area contributed by atoms with Crippen molar-refractivity contribution in [2.24, 2.45) is 0 Å². The predicted octanol–water partition coefficient (Wildman–Crippen LogP) is 2.66. The summed E-state index contributed by atoms with van der Waals surface area (Å²) >= 11 is 0. The Morgan fingerprint density at radius 2 is 2.08 bits per heavy atom. The Morgan fingerprint density at radius 3 is 2.80 bits per heavy atom. The summed E-state index contributed by atoms with van der Waals surface area (Å²) in [7, 11) is 0. The Morgan fingerprint density at radius 1 is 1.24 bits per heavy atom. The van der Waals surface area contributed by atoms with Crippen LogP contribution in [-0.4, -0.2) is 67.1 Å². The lowest BCUT2D eigenvalue weighted by Crippen LogP contribution is -2.47. The maximum atomic E-state index is 5.82. The minimum absolute atomic E-state index is 0.0379. The molecule has 0 amide bonds. The summed E-state index contributed by atoms with van der Waals surface area (Å²) in [6, 6.07) is 2.01. The summed E-state index contributed by atoms with van der Waals surface area (Å²) in [4.78, 5) is 14.0. The molecular weight excluding hydrogens is 316 g/mol. The highest BCUT2D eigenvalue weighted by Crippen LogP contribution is 2.17. The zero-order valence-corrected chi connectivity index (χ0v) is 15.7. The number of piperazine rings is 1. The topological polar surface area (TPSA) is 50.7 Å². The number of hydrogen-bond acceptors (Lipinski definition) is 6. The van der Waals surface area contributed by atoms with Gasteiger partial charge in [0.05, 0.1) is 6.61 Å². The lowest BCUT2D eigenvalue weighted by atomic mass is 10.1. The van der Waals surface area contributed by atoms with Gasteiger partial charge in [0.1, 0.15) is 0 Å². The Balaban J connectivity index is 1.35. The van der Waals surface area contributed by atoms with Crippen LogP contribution in [0.4, 0.5) is 5.95 Å². The molecule has 3 rings (SSSR count). The largest absolute Gasteiger partial charge is 0.353 e. The molecule has 1 aromatic heterocycles. The van der Waals surface area contributed by atoms with E-state index in [1.54, 1.807) is 0 Å². The van der Waals surface area contributed by atoms with Gasteiger partial charge in [0.15, 0.2) is 6.29 Å². The first-order valence-electron chi connectivity index (χ1n) is 9.76. The number of aromatic nitrogens is 2. The molecular formula is C19H32N4O2. The van der Waals surface area contributed by atoms with Crippen molar-refractivity contribution < 1.29 is 9.47 Å². The van der Waals surface area contributed by atoms with Crippen molar-refractivity contribution >= 4 is 5.95 Å². The standard InChI is InChI=1S/C19H32N4O2/c1-16(2)17-7-8-20-19(21-17)23-12-10-22(11-13-23)9-5-15-25-18-6-3-4-14-24-18/h7-8,16,18H,3-6,9-15H2,1-2H3/t18-/m1/s1. The van der Waals surface area contributed by atoms with Gasteiger partial charge in [0.2, 0.25) is 5.95 Å². The van der Waals surface area contributed by atoms with Crippen LogP contribution in [0, 0.1) is 0 Å². The van der Waals surface area contributed by atoms with E-state index in [9.17, 15) is 0 Å². The summed E-state index contributed by atoms with van der Waals surface area (Å²) in [5.74, 6) is 1.32. The van der Waals surface area contributed by atoms with Crippen molar-refractivity contribution in [1.82, 2.24) is 14.9 Å². The van der Waals surface area contributed by atoms with Gasteiger partial charge >= 0.3 is 0 Å². The molecule has 6 nitrogen and oxygen atoms in total. The summed E-state index contributed by atoms with van der Waals surface area (Å²) in [6.45, 7) is 11.2. The molecule has 6 heteroatoms. The van der Waals surface area contributed by atoms with Gasteiger partial charge in [-0.15, -0.1) is 0 Å². The van der Waals surface area contributed by atoms with Crippen LogP contribution < -0.4 is 4.90 Å². The van der Waals surface area contributed by atoms with Crippen LogP contribution in [0.2, 0.25) is 0 Å². The third-order valence-electron chi connectivity index (χ3n) is 4.97. The molecule has 3 heterocycles. The van der Waals surface area contributed by atoms with Gasteiger partial charge in [-0.3, -0.25) is 4.90 Å². The van der Waals surface area contributed by atoms with Crippen LogP contribution in [0.3, 0.4) is 0 Å². The number of ether oxygens (including phenoxy) is 2. The summed E-state index contributed by atoms with van der Waals surface area (Å²) in [6.07, 6.45) is 6.44. The van der Waals surface area contributed by atoms with Crippen molar-refractivity contribution in [2.75, 3.05) is 50.8 Å². The number of anilines is 1. The first-order valence-corrected chi connectivity index (χ1v) is 9.76. The average Bonchev–Trinajstić information content (AvgIpc) is 2.67. The summed E-state index contributed by atoms with van der Waals surface area (Å²) in [5.41, 5.74) is 1.12. The van der Waals surface area contributed by atoms with Crippen molar-refractivity contribution in [1.29, 1.82) is 0 Å². The zero-order valence-electron chi connectivity index (χ0n) is 15.7. The van der Waals surface area contributed by atoms with Crippen molar-refractivity contribution in [3.05, 3.63) is 18.0 Å². The highest BCUT2D eigenvalue weighted by atomic mass is 16.7. The van der Waals surface area contributed by atoms with Gasteiger partial charge < -0.3 is 14.4 Å². The van der Waals surface area contributed by atoms with Crippen LogP contribution in [0.5, 0.6) is 0 Å². The minimum atomic E-state index is 0.0379. The van der Waals surface area contributed by atoms with Gasteiger partial charge in [-0.05, 0) is 37.7 Å². The van der Waals surface area contributed by atoms with Gasteiger partial charge in [0.25, 0.3) is 0 Å². The summed E-state index contributed by atoms with van der Waals surface area (Å²) < 4.78 is 11.4. The zero-order chi connectivity index (χ0) is 17.5. The van der Waals surface area contributed by atoms with E-state index in [1.165, 1.54) is 12.8 Å². The molecule has 0 unspecified atom stereocenters. The van der Waals surface area contributed by atoms with Crippen molar-refractivity contribution in [3.8, 4) is 0 Å². The smallest absolute Gasteiger partial charge is 0.225 e.